The summed E-state index contributed by atoms with van der Waals surface area (Å²) in [6.07, 6.45) is 3.29. The van der Waals surface area contributed by atoms with Crippen LogP contribution in [-0.4, -0.2) is 35.4 Å². The minimum absolute atomic E-state index is 0.0445. The third-order valence-electron chi connectivity index (χ3n) is 5.31. The van der Waals surface area contributed by atoms with Gasteiger partial charge in [-0.05, 0) is 37.1 Å². The Morgan fingerprint density at radius 3 is 2.81 bits per heavy atom. The predicted molar refractivity (Wildman–Crippen MR) is 106 cm³/mol. The maximum atomic E-state index is 12.7. The molecule has 2 amide bonds. The number of hydrogen-bond acceptors (Lipinski definition) is 5. The van der Waals surface area contributed by atoms with Crippen LogP contribution in [0.25, 0.3) is 0 Å². The molecule has 2 aromatic rings. The SMILES string of the molecule is CC[C@]1(C)CCN(c2ccnc(Nc3cccc(N(C)C(C)=O)c3)n2)C1=O. The van der Waals surface area contributed by atoms with Crippen molar-refractivity contribution in [3.8, 4) is 0 Å². The minimum Gasteiger partial charge on any atom is -0.324 e. The number of anilines is 4. The van der Waals surface area contributed by atoms with Crippen LogP contribution in [0.3, 0.4) is 0 Å². The van der Waals surface area contributed by atoms with Crippen LogP contribution in [0.2, 0.25) is 0 Å². The van der Waals surface area contributed by atoms with Gasteiger partial charge in [0.15, 0.2) is 0 Å². The lowest BCUT2D eigenvalue weighted by atomic mass is 9.86. The van der Waals surface area contributed by atoms with Gasteiger partial charge in [-0.15, -0.1) is 0 Å². The highest BCUT2D eigenvalue weighted by atomic mass is 16.2. The first-order valence-electron chi connectivity index (χ1n) is 9.10. The number of nitrogens with zero attached hydrogens (tertiary/aromatic N) is 4. The zero-order chi connectivity index (χ0) is 19.6. The molecule has 7 nitrogen and oxygen atoms in total. The van der Waals surface area contributed by atoms with E-state index in [1.165, 1.54) is 6.92 Å². The number of benzene rings is 1. The fraction of sp³-hybridized carbons (Fsp3) is 0.400. The Balaban J connectivity index is 1.80. The van der Waals surface area contributed by atoms with Gasteiger partial charge in [0.05, 0.1) is 0 Å². The van der Waals surface area contributed by atoms with Crippen molar-refractivity contribution in [2.24, 2.45) is 5.41 Å². The van der Waals surface area contributed by atoms with E-state index < -0.39 is 0 Å². The Morgan fingerprint density at radius 2 is 2.15 bits per heavy atom. The van der Waals surface area contributed by atoms with E-state index in [-0.39, 0.29) is 17.2 Å². The molecule has 1 atom stereocenters. The average molecular weight is 367 g/mol. The van der Waals surface area contributed by atoms with Crippen molar-refractivity contribution in [3.05, 3.63) is 36.5 Å². The van der Waals surface area contributed by atoms with E-state index in [1.807, 2.05) is 38.1 Å². The number of carbonyl (C=O) groups excluding carboxylic acids is 2. The van der Waals surface area contributed by atoms with Crippen molar-refractivity contribution in [3.63, 3.8) is 0 Å². The van der Waals surface area contributed by atoms with E-state index in [9.17, 15) is 9.59 Å². The molecule has 2 heterocycles. The van der Waals surface area contributed by atoms with Gasteiger partial charge in [0.1, 0.15) is 5.82 Å². The molecule has 1 aromatic heterocycles. The standard InChI is InChI=1S/C20H25N5O2/c1-5-20(3)10-12-25(18(20)27)17-9-11-21-19(23-17)22-15-7-6-8-16(13-15)24(4)14(2)26/h6-9,11,13H,5,10,12H2,1-4H3,(H,21,22,23)/t20-/m1/s1. The number of hydrogen-bond donors (Lipinski definition) is 1. The van der Waals surface area contributed by atoms with Crippen LogP contribution in [0.1, 0.15) is 33.6 Å². The van der Waals surface area contributed by atoms with Crippen molar-refractivity contribution in [1.29, 1.82) is 0 Å². The van der Waals surface area contributed by atoms with Gasteiger partial charge in [0.2, 0.25) is 17.8 Å². The first kappa shape index (κ1) is 18.8. The summed E-state index contributed by atoms with van der Waals surface area (Å²) in [6, 6.07) is 9.20. The molecule has 1 aliphatic rings. The molecular weight excluding hydrogens is 342 g/mol. The van der Waals surface area contributed by atoms with Crippen LogP contribution in [0.5, 0.6) is 0 Å². The second-order valence-corrected chi connectivity index (χ2v) is 7.11. The van der Waals surface area contributed by atoms with Gasteiger partial charge in [-0.3, -0.25) is 14.5 Å². The monoisotopic (exact) mass is 367 g/mol. The Kier molecular flexibility index (Phi) is 5.12. The van der Waals surface area contributed by atoms with E-state index in [4.69, 9.17) is 0 Å². The van der Waals surface area contributed by atoms with Gasteiger partial charge in [0.25, 0.3) is 0 Å². The lowest BCUT2D eigenvalue weighted by molar-refractivity contribution is -0.125. The van der Waals surface area contributed by atoms with Gasteiger partial charge >= 0.3 is 0 Å². The second kappa shape index (κ2) is 7.34. The van der Waals surface area contributed by atoms with E-state index in [1.54, 1.807) is 29.1 Å². The van der Waals surface area contributed by atoms with Crippen molar-refractivity contribution in [2.45, 2.75) is 33.6 Å². The van der Waals surface area contributed by atoms with Gasteiger partial charge in [-0.2, -0.15) is 4.98 Å². The number of aromatic nitrogens is 2. The molecule has 3 rings (SSSR count). The lowest BCUT2D eigenvalue weighted by Gasteiger charge is -2.21. The molecule has 0 radical (unpaired) electrons. The maximum absolute atomic E-state index is 12.7. The Labute approximate surface area is 159 Å². The number of amides is 2. The molecule has 1 fully saturated rings. The van der Waals surface area contributed by atoms with E-state index in [0.29, 0.717) is 18.3 Å². The van der Waals surface area contributed by atoms with Gasteiger partial charge in [-0.1, -0.05) is 19.9 Å². The Morgan fingerprint density at radius 1 is 1.37 bits per heavy atom. The molecule has 0 aliphatic carbocycles. The summed E-state index contributed by atoms with van der Waals surface area (Å²) >= 11 is 0. The van der Waals surface area contributed by atoms with Crippen LogP contribution < -0.4 is 15.1 Å². The highest BCUT2D eigenvalue weighted by molar-refractivity contribution is 5.99. The highest BCUT2D eigenvalue weighted by Crippen LogP contribution is 2.36. The number of carbonyl (C=O) groups is 2. The molecule has 0 bridgehead atoms. The van der Waals surface area contributed by atoms with Gasteiger partial charge < -0.3 is 10.2 Å². The largest absolute Gasteiger partial charge is 0.324 e. The van der Waals surface area contributed by atoms with E-state index in [2.05, 4.69) is 15.3 Å². The quantitative estimate of drug-likeness (QED) is 0.877. The molecule has 0 saturated carbocycles. The van der Waals surface area contributed by atoms with Crippen molar-refractivity contribution in [1.82, 2.24) is 9.97 Å². The van der Waals surface area contributed by atoms with Crippen LogP contribution in [-0.2, 0) is 9.59 Å². The van der Waals surface area contributed by atoms with E-state index in [0.717, 1.165) is 24.2 Å². The molecule has 0 spiro atoms. The summed E-state index contributed by atoms with van der Waals surface area (Å²) < 4.78 is 0. The summed E-state index contributed by atoms with van der Waals surface area (Å²) in [7, 11) is 1.72. The maximum Gasteiger partial charge on any atom is 0.234 e. The first-order valence-corrected chi connectivity index (χ1v) is 9.10. The third kappa shape index (κ3) is 3.77. The predicted octanol–water partition coefficient (Wildman–Crippen LogP) is 3.36. The minimum atomic E-state index is -0.315. The molecule has 0 unspecified atom stereocenters. The molecule has 1 saturated heterocycles. The number of rotatable bonds is 5. The molecule has 142 valence electrons. The highest BCUT2D eigenvalue weighted by Gasteiger charge is 2.42. The van der Waals surface area contributed by atoms with Crippen LogP contribution >= 0.6 is 0 Å². The Bertz CT molecular complexity index is 869. The van der Waals surface area contributed by atoms with Crippen LogP contribution in [0.15, 0.2) is 36.5 Å². The average Bonchev–Trinajstić information content (AvgIpc) is 2.97. The van der Waals surface area contributed by atoms with E-state index >= 15 is 0 Å². The number of nitrogens with one attached hydrogen (secondary N) is 1. The molecule has 1 aliphatic heterocycles. The molecular formula is C20H25N5O2. The zero-order valence-corrected chi connectivity index (χ0v) is 16.2. The molecule has 1 aromatic carbocycles. The molecule has 27 heavy (non-hydrogen) atoms. The normalized spacial score (nSPS) is 19.3. The van der Waals surface area contributed by atoms with Gasteiger partial charge in [0, 0.05) is 43.5 Å². The lowest BCUT2D eigenvalue weighted by Crippen LogP contribution is -2.32. The molecule has 7 heteroatoms. The van der Waals surface area contributed by atoms with Crippen LogP contribution in [0, 0.1) is 5.41 Å². The third-order valence-corrected chi connectivity index (χ3v) is 5.31. The van der Waals surface area contributed by atoms with Crippen LogP contribution in [0.4, 0.5) is 23.1 Å². The second-order valence-electron chi connectivity index (χ2n) is 7.11. The summed E-state index contributed by atoms with van der Waals surface area (Å²) in [5.74, 6) is 1.08. The van der Waals surface area contributed by atoms with Crippen molar-refractivity contribution in [2.75, 3.05) is 28.7 Å². The topological polar surface area (TPSA) is 78.4 Å². The summed E-state index contributed by atoms with van der Waals surface area (Å²) in [5, 5.41) is 3.15. The fourth-order valence-corrected chi connectivity index (χ4v) is 3.10. The first-order chi connectivity index (χ1) is 12.8. The van der Waals surface area contributed by atoms with Crippen molar-refractivity contribution >= 4 is 35.0 Å². The van der Waals surface area contributed by atoms with Crippen molar-refractivity contribution < 1.29 is 9.59 Å². The molecule has 1 N–H and O–H groups in total. The smallest absolute Gasteiger partial charge is 0.234 e. The summed E-state index contributed by atoms with van der Waals surface area (Å²) in [5.41, 5.74) is 1.23. The fourth-order valence-electron chi connectivity index (χ4n) is 3.10. The Hall–Kier alpha value is -2.96. The summed E-state index contributed by atoms with van der Waals surface area (Å²) in [6.45, 7) is 6.23. The zero-order valence-electron chi connectivity index (χ0n) is 16.2. The van der Waals surface area contributed by atoms with Gasteiger partial charge in [-0.25, -0.2) is 4.98 Å². The summed E-state index contributed by atoms with van der Waals surface area (Å²) in [4.78, 5) is 36.3.